The monoisotopic (exact) mass is 340 g/mol. The van der Waals surface area contributed by atoms with Crippen molar-refractivity contribution in [2.45, 2.75) is 6.54 Å². The van der Waals surface area contributed by atoms with E-state index >= 15 is 0 Å². The molecule has 0 aliphatic heterocycles. The van der Waals surface area contributed by atoms with Crippen LogP contribution in [-0.2, 0) is 11.3 Å². The fraction of sp³-hybridized carbons (Fsp3) is 0.154. The number of benzene rings is 1. The molecule has 4 nitrogen and oxygen atoms in total. The van der Waals surface area contributed by atoms with Gasteiger partial charge in [0.05, 0.1) is 16.5 Å². The summed E-state index contributed by atoms with van der Waals surface area (Å²) in [7, 11) is 1.35. The zero-order valence-corrected chi connectivity index (χ0v) is 12.7. The van der Waals surface area contributed by atoms with Crippen LogP contribution in [0.4, 0.5) is 11.4 Å². The highest BCUT2D eigenvalue weighted by atomic mass is 79.9. The van der Waals surface area contributed by atoms with Crippen LogP contribution in [0.5, 0.6) is 0 Å². The van der Waals surface area contributed by atoms with Gasteiger partial charge in [0.1, 0.15) is 0 Å². The third-order valence-electron chi connectivity index (χ3n) is 2.53. The fourth-order valence-corrected chi connectivity index (χ4v) is 3.05. The summed E-state index contributed by atoms with van der Waals surface area (Å²) in [6.45, 7) is 0.643. The number of hydrogen-bond acceptors (Lipinski definition) is 5. The molecule has 2 aromatic rings. The fourth-order valence-electron chi connectivity index (χ4n) is 1.62. The Morgan fingerprint density at radius 1 is 1.42 bits per heavy atom. The molecule has 0 aliphatic carbocycles. The number of thiophene rings is 1. The van der Waals surface area contributed by atoms with Crippen molar-refractivity contribution < 1.29 is 9.53 Å². The Kier molecular flexibility index (Phi) is 4.44. The van der Waals surface area contributed by atoms with Crippen molar-refractivity contribution in [3.63, 3.8) is 0 Å². The molecule has 1 heterocycles. The summed E-state index contributed by atoms with van der Waals surface area (Å²) in [4.78, 5) is 12.8. The predicted molar refractivity (Wildman–Crippen MR) is 81.5 cm³/mol. The lowest BCUT2D eigenvalue weighted by molar-refractivity contribution is 0.0602. The molecule has 19 heavy (non-hydrogen) atoms. The van der Waals surface area contributed by atoms with Gasteiger partial charge in [0.15, 0.2) is 0 Å². The first kappa shape index (κ1) is 13.9. The number of nitrogens with one attached hydrogen (secondary N) is 1. The van der Waals surface area contributed by atoms with Crippen LogP contribution >= 0.6 is 27.3 Å². The van der Waals surface area contributed by atoms with Crippen molar-refractivity contribution in [1.82, 2.24) is 0 Å². The van der Waals surface area contributed by atoms with Crippen LogP contribution < -0.4 is 11.1 Å². The van der Waals surface area contributed by atoms with Crippen molar-refractivity contribution in [1.29, 1.82) is 0 Å². The van der Waals surface area contributed by atoms with Crippen LogP contribution in [0.2, 0.25) is 0 Å². The van der Waals surface area contributed by atoms with Crippen molar-refractivity contribution in [2.24, 2.45) is 0 Å². The maximum Gasteiger partial charge on any atom is 0.340 e. The van der Waals surface area contributed by atoms with Crippen LogP contribution in [-0.4, -0.2) is 13.1 Å². The SMILES string of the molecule is COC(=O)c1cc(N)ccc1NCc1ccc(Br)s1. The second-order valence-electron chi connectivity index (χ2n) is 3.86. The van der Waals surface area contributed by atoms with Gasteiger partial charge in [-0.3, -0.25) is 0 Å². The average molecular weight is 341 g/mol. The number of methoxy groups -OCH3 is 1. The van der Waals surface area contributed by atoms with Crippen LogP contribution in [0, 0.1) is 0 Å². The maximum atomic E-state index is 11.7. The number of hydrogen-bond donors (Lipinski definition) is 2. The Labute approximate surface area is 123 Å². The molecule has 0 amide bonds. The van der Waals surface area contributed by atoms with E-state index in [1.165, 1.54) is 12.0 Å². The van der Waals surface area contributed by atoms with E-state index in [-0.39, 0.29) is 0 Å². The van der Waals surface area contributed by atoms with E-state index in [1.54, 1.807) is 29.5 Å². The third kappa shape index (κ3) is 3.48. The largest absolute Gasteiger partial charge is 0.465 e. The maximum absolute atomic E-state index is 11.7. The second kappa shape index (κ2) is 6.08. The van der Waals surface area contributed by atoms with Gasteiger partial charge in [-0.1, -0.05) is 0 Å². The molecule has 0 bridgehead atoms. The molecule has 3 N–H and O–H groups in total. The first-order valence-corrected chi connectivity index (χ1v) is 7.17. The van der Waals surface area contributed by atoms with E-state index in [9.17, 15) is 4.79 Å². The number of ether oxygens (including phenoxy) is 1. The summed E-state index contributed by atoms with van der Waals surface area (Å²) in [6.07, 6.45) is 0. The van der Waals surface area contributed by atoms with E-state index in [2.05, 4.69) is 21.2 Å². The van der Waals surface area contributed by atoms with Crippen molar-refractivity contribution in [3.05, 3.63) is 44.6 Å². The Hall–Kier alpha value is -1.53. The van der Waals surface area contributed by atoms with E-state index in [1.807, 2.05) is 12.1 Å². The first-order chi connectivity index (χ1) is 9.10. The van der Waals surface area contributed by atoms with Crippen LogP contribution in [0.15, 0.2) is 34.1 Å². The molecule has 0 unspecified atom stereocenters. The Morgan fingerprint density at radius 3 is 2.84 bits per heavy atom. The molecular weight excluding hydrogens is 328 g/mol. The molecule has 0 saturated heterocycles. The summed E-state index contributed by atoms with van der Waals surface area (Å²) >= 11 is 5.06. The number of nitrogen functional groups attached to an aromatic ring is 1. The lowest BCUT2D eigenvalue weighted by Gasteiger charge is -2.10. The van der Waals surface area contributed by atoms with Gasteiger partial charge in [0.25, 0.3) is 0 Å². The number of carbonyl (C=O) groups excluding carboxylic acids is 1. The first-order valence-electron chi connectivity index (χ1n) is 5.56. The highest BCUT2D eigenvalue weighted by molar-refractivity contribution is 9.11. The van der Waals surface area contributed by atoms with Gasteiger partial charge in [-0.15, -0.1) is 11.3 Å². The molecule has 1 aromatic carbocycles. The van der Waals surface area contributed by atoms with Gasteiger partial charge in [-0.25, -0.2) is 4.79 Å². The minimum atomic E-state index is -0.401. The van der Waals surface area contributed by atoms with Crippen molar-refractivity contribution >= 4 is 44.6 Å². The summed E-state index contributed by atoms with van der Waals surface area (Å²) in [6, 6.07) is 9.16. The van der Waals surface area contributed by atoms with Crippen molar-refractivity contribution in [3.8, 4) is 0 Å². The summed E-state index contributed by atoms with van der Waals surface area (Å²) < 4.78 is 5.83. The lowest BCUT2D eigenvalue weighted by Crippen LogP contribution is -2.08. The number of carbonyl (C=O) groups is 1. The molecule has 0 saturated carbocycles. The minimum Gasteiger partial charge on any atom is -0.465 e. The molecule has 0 atom stereocenters. The number of halogens is 1. The van der Waals surface area contributed by atoms with Gasteiger partial charge < -0.3 is 15.8 Å². The molecule has 6 heteroatoms. The van der Waals surface area contributed by atoms with Gasteiger partial charge in [-0.05, 0) is 46.3 Å². The standard InChI is InChI=1S/C13H13BrN2O2S/c1-18-13(17)10-6-8(15)2-4-11(10)16-7-9-3-5-12(14)19-9/h2-6,16H,7,15H2,1H3. The van der Waals surface area contributed by atoms with Gasteiger partial charge in [-0.2, -0.15) is 0 Å². The molecule has 1 aromatic heterocycles. The average Bonchev–Trinajstić information content (AvgIpc) is 2.82. The molecule has 0 fully saturated rings. The minimum absolute atomic E-state index is 0.401. The van der Waals surface area contributed by atoms with Crippen LogP contribution in [0.3, 0.4) is 0 Å². The summed E-state index contributed by atoms with van der Waals surface area (Å²) in [5.41, 5.74) is 7.38. The van der Waals surface area contributed by atoms with E-state index in [4.69, 9.17) is 10.5 Å². The summed E-state index contributed by atoms with van der Waals surface area (Å²) in [5.74, 6) is -0.401. The van der Waals surface area contributed by atoms with Crippen molar-refractivity contribution in [2.75, 3.05) is 18.2 Å². The number of nitrogens with two attached hydrogens (primary N) is 1. The molecule has 2 rings (SSSR count). The molecular formula is C13H13BrN2O2S. The normalized spacial score (nSPS) is 10.2. The zero-order valence-electron chi connectivity index (χ0n) is 10.3. The third-order valence-corrected chi connectivity index (χ3v) is 4.15. The van der Waals surface area contributed by atoms with Gasteiger partial charge in [0, 0.05) is 22.8 Å². The number of esters is 1. The molecule has 0 radical (unpaired) electrons. The van der Waals surface area contributed by atoms with Gasteiger partial charge >= 0.3 is 5.97 Å². The highest BCUT2D eigenvalue weighted by Crippen LogP contribution is 2.25. The highest BCUT2D eigenvalue weighted by Gasteiger charge is 2.12. The molecule has 0 aliphatic rings. The lowest BCUT2D eigenvalue weighted by atomic mass is 10.1. The van der Waals surface area contributed by atoms with E-state index < -0.39 is 5.97 Å². The molecule has 0 spiro atoms. The molecule has 100 valence electrons. The Morgan fingerprint density at radius 2 is 2.21 bits per heavy atom. The zero-order chi connectivity index (χ0) is 13.8. The van der Waals surface area contributed by atoms with E-state index in [0.717, 1.165) is 3.79 Å². The Bertz CT molecular complexity index is 598. The predicted octanol–water partition coefficient (Wildman–Crippen LogP) is 3.49. The number of anilines is 2. The van der Waals surface area contributed by atoms with Gasteiger partial charge in [0.2, 0.25) is 0 Å². The number of rotatable bonds is 4. The smallest absolute Gasteiger partial charge is 0.340 e. The summed E-state index contributed by atoms with van der Waals surface area (Å²) in [5, 5.41) is 3.22. The van der Waals surface area contributed by atoms with E-state index in [0.29, 0.717) is 23.5 Å². The second-order valence-corrected chi connectivity index (χ2v) is 6.40. The van der Waals surface area contributed by atoms with Crippen LogP contribution in [0.1, 0.15) is 15.2 Å². The topological polar surface area (TPSA) is 64.3 Å². The quantitative estimate of drug-likeness (QED) is 0.660. The van der Waals surface area contributed by atoms with Crippen LogP contribution in [0.25, 0.3) is 0 Å². The Balaban J connectivity index is 2.17.